The molecule has 1 aromatic carbocycles. The van der Waals surface area contributed by atoms with Crippen LogP contribution in [-0.4, -0.2) is 54.1 Å². The van der Waals surface area contributed by atoms with Crippen molar-refractivity contribution < 1.29 is 18.3 Å². The van der Waals surface area contributed by atoms with E-state index in [1.165, 1.54) is 6.07 Å². The van der Waals surface area contributed by atoms with Crippen LogP contribution in [0.3, 0.4) is 0 Å². The first-order valence-corrected chi connectivity index (χ1v) is 8.58. The summed E-state index contributed by atoms with van der Waals surface area (Å²) in [6, 6.07) is 4.02. The number of rotatable bonds is 3. The fourth-order valence-corrected chi connectivity index (χ4v) is 3.96. The minimum atomic E-state index is -0.831. The van der Waals surface area contributed by atoms with Crippen molar-refractivity contribution >= 4 is 5.91 Å². The van der Waals surface area contributed by atoms with E-state index in [0.29, 0.717) is 39.3 Å². The molecule has 0 bridgehead atoms. The molecule has 0 atom stereocenters. The molecule has 2 saturated heterocycles. The van der Waals surface area contributed by atoms with Gasteiger partial charge in [0.15, 0.2) is 11.6 Å². The molecule has 0 saturated carbocycles. The minimum Gasteiger partial charge on any atom is -0.381 e. The number of halogens is 2. The zero-order chi connectivity index (χ0) is 17.2. The molecule has 0 unspecified atom stereocenters. The zero-order valence-electron chi connectivity index (χ0n) is 14.1. The van der Waals surface area contributed by atoms with Gasteiger partial charge < -0.3 is 9.64 Å². The van der Waals surface area contributed by atoms with E-state index in [1.54, 1.807) is 6.07 Å². The lowest BCUT2D eigenvalue weighted by Gasteiger charge is -2.46. The molecule has 1 spiro atoms. The first-order chi connectivity index (χ1) is 11.5. The van der Waals surface area contributed by atoms with Crippen LogP contribution >= 0.6 is 0 Å². The van der Waals surface area contributed by atoms with Crippen LogP contribution in [0.5, 0.6) is 0 Å². The summed E-state index contributed by atoms with van der Waals surface area (Å²) < 4.78 is 32.1. The van der Waals surface area contributed by atoms with Crippen LogP contribution < -0.4 is 0 Å². The van der Waals surface area contributed by atoms with Crippen LogP contribution in [0.25, 0.3) is 0 Å². The molecule has 0 radical (unpaired) electrons. The molecule has 0 aliphatic carbocycles. The van der Waals surface area contributed by atoms with Gasteiger partial charge in [-0.3, -0.25) is 9.69 Å². The number of benzene rings is 1. The van der Waals surface area contributed by atoms with Crippen LogP contribution in [0.15, 0.2) is 18.2 Å². The third-order valence-electron chi connectivity index (χ3n) is 5.16. The lowest BCUT2D eigenvalue weighted by Crippen LogP contribution is -2.58. The lowest BCUT2D eigenvalue weighted by atomic mass is 9.87. The van der Waals surface area contributed by atoms with E-state index in [9.17, 15) is 13.6 Å². The average molecular weight is 338 g/mol. The molecular weight excluding hydrogens is 314 g/mol. The van der Waals surface area contributed by atoms with E-state index in [0.717, 1.165) is 31.0 Å². The van der Waals surface area contributed by atoms with Gasteiger partial charge in [0.25, 0.3) is 0 Å². The molecule has 6 heteroatoms. The van der Waals surface area contributed by atoms with Crippen molar-refractivity contribution in [2.45, 2.75) is 38.3 Å². The highest BCUT2D eigenvalue weighted by molar-refractivity contribution is 5.77. The maximum atomic E-state index is 13.5. The number of hydrogen-bond acceptors (Lipinski definition) is 3. The van der Waals surface area contributed by atoms with E-state index < -0.39 is 11.6 Å². The van der Waals surface area contributed by atoms with Gasteiger partial charge in [-0.1, -0.05) is 6.07 Å². The largest absolute Gasteiger partial charge is 0.381 e. The summed E-state index contributed by atoms with van der Waals surface area (Å²) >= 11 is 0. The highest BCUT2D eigenvalue weighted by Gasteiger charge is 2.43. The molecule has 2 aliphatic heterocycles. The van der Waals surface area contributed by atoms with Crippen molar-refractivity contribution in [3.8, 4) is 0 Å². The Morgan fingerprint density at radius 2 is 1.96 bits per heavy atom. The van der Waals surface area contributed by atoms with Crippen molar-refractivity contribution in [1.29, 1.82) is 0 Å². The van der Waals surface area contributed by atoms with Crippen molar-refractivity contribution in [2.75, 3.05) is 32.8 Å². The molecular formula is C18H24F2N2O2. The van der Waals surface area contributed by atoms with Crippen LogP contribution in [-0.2, 0) is 16.1 Å². The summed E-state index contributed by atoms with van der Waals surface area (Å²) in [7, 11) is 0. The van der Waals surface area contributed by atoms with E-state index in [1.807, 2.05) is 11.8 Å². The smallest absolute Gasteiger partial charge is 0.224 e. The second-order valence-corrected chi connectivity index (χ2v) is 6.68. The Bertz CT molecular complexity index is 603. The molecule has 2 fully saturated rings. The summed E-state index contributed by atoms with van der Waals surface area (Å²) in [4.78, 5) is 16.8. The van der Waals surface area contributed by atoms with Gasteiger partial charge >= 0.3 is 0 Å². The van der Waals surface area contributed by atoms with Gasteiger partial charge in [0.1, 0.15) is 0 Å². The second kappa shape index (κ2) is 7.15. The van der Waals surface area contributed by atoms with Crippen LogP contribution in [0.2, 0.25) is 0 Å². The van der Waals surface area contributed by atoms with Gasteiger partial charge in [0.05, 0.1) is 5.54 Å². The fourth-order valence-electron chi connectivity index (χ4n) is 3.96. The third-order valence-corrected chi connectivity index (χ3v) is 5.16. The van der Waals surface area contributed by atoms with Gasteiger partial charge in [-0.25, -0.2) is 8.78 Å². The quantitative estimate of drug-likeness (QED) is 0.849. The molecule has 132 valence electrons. The standard InChI is InChI=1S/C18H24F2N2O2/c1-2-22-17(23)5-8-21(13-18(22)6-9-24-10-7-18)12-14-3-4-15(19)16(20)11-14/h3-4,11H,2,5-10,12-13H2,1H3. The summed E-state index contributed by atoms with van der Waals surface area (Å²) in [5.41, 5.74) is 0.521. The maximum absolute atomic E-state index is 13.5. The highest BCUT2D eigenvalue weighted by Crippen LogP contribution is 2.32. The number of hydrogen-bond donors (Lipinski definition) is 0. The van der Waals surface area contributed by atoms with E-state index >= 15 is 0 Å². The Kier molecular flexibility index (Phi) is 5.15. The summed E-state index contributed by atoms with van der Waals surface area (Å²) in [6.07, 6.45) is 2.10. The molecule has 24 heavy (non-hydrogen) atoms. The van der Waals surface area contributed by atoms with Gasteiger partial charge in [-0.05, 0) is 37.5 Å². The monoisotopic (exact) mass is 338 g/mol. The number of nitrogens with zero attached hydrogens (tertiary/aromatic N) is 2. The molecule has 0 aromatic heterocycles. The number of likely N-dealkylation sites (N-methyl/N-ethyl adjacent to an activating group) is 1. The Balaban J connectivity index is 1.81. The Morgan fingerprint density at radius 1 is 1.21 bits per heavy atom. The summed E-state index contributed by atoms with van der Waals surface area (Å²) in [5.74, 6) is -1.48. The summed E-state index contributed by atoms with van der Waals surface area (Å²) in [6.45, 7) is 5.92. The predicted octanol–water partition coefficient (Wildman–Crippen LogP) is 2.57. The third kappa shape index (κ3) is 3.44. The van der Waals surface area contributed by atoms with E-state index in [4.69, 9.17) is 4.74 Å². The molecule has 1 aromatic rings. The van der Waals surface area contributed by atoms with Crippen molar-refractivity contribution in [1.82, 2.24) is 9.80 Å². The second-order valence-electron chi connectivity index (χ2n) is 6.68. The molecule has 3 rings (SSSR count). The van der Waals surface area contributed by atoms with Crippen molar-refractivity contribution in [3.05, 3.63) is 35.4 Å². The van der Waals surface area contributed by atoms with E-state index in [-0.39, 0.29) is 11.4 Å². The molecule has 2 heterocycles. The van der Waals surface area contributed by atoms with E-state index in [2.05, 4.69) is 4.90 Å². The van der Waals surface area contributed by atoms with Gasteiger partial charge in [0.2, 0.25) is 5.91 Å². The normalized spacial score (nSPS) is 22.0. The SMILES string of the molecule is CCN1C(=O)CCN(Cc2ccc(F)c(F)c2)CC12CCOCC2. The predicted molar refractivity (Wildman–Crippen MR) is 86.4 cm³/mol. The Labute approximate surface area is 141 Å². The number of carbonyl (C=O) groups excluding carboxylic acids is 1. The van der Waals surface area contributed by atoms with Gasteiger partial charge in [-0.15, -0.1) is 0 Å². The van der Waals surface area contributed by atoms with Gasteiger partial charge in [0, 0.05) is 45.8 Å². The topological polar surface area (TPSA) is 32.8 Å². The molecule has 1 amide bonds. The highest BCUT2D eigenvalue weighted by atomic mass is 19.2. The number of ether oxygens (including phenoxy) is 1. The number of carbonyl (C=O) groups is 1. The molecule has 0 N–H and O–H groups in total. The fraction of sp³-hybridized carbons (Fsp3) is 0.611. The van der Waals surface area contributed by atoms with Gasteiger partial charge in [-0.2, -0.15) is 0 Å². The first-order valence-electron chi connectivity index (χ1n) is 8.58. The average Bonchev–Trinajstić information content (AvgIpc) is 2.68. The lowest BCUT2D eigenvalue weighted by molar-refractivity contribution is -0.140. The maximum Gasteiger partial charge on any atom is 0.224 e. The Morgan fingerprint density at radius 3 is 2.62 bits per heavy atom. The Hall–Kier alpha value is -1.53. The minimum absolute atomic E-state index is 0.173. The summed E-state index contributed by atoms with van der Waals surface area (Å²) in [5, 5.41) is 0. The zero-order valence-corrected chi connectivity index (χ0v) is 14.1. The molecule has 2 aliphatic rings. The van der Waals surface area contributed by atoms with Crippen LogP contribution in [0, 0.1) is 11.6 Å². The van der Waals surface area contributed by atoms with Crippen molar-refractivity contribution in [3.63, 3.8) is 0 Å². The first kappa shape index (κ1) is 17.3. The van der Waals surface area contributed by atoms with Crippen LogP contribution in [0.1, 0.15) is 31.7 Å². The van der Waals surface area contributed by atoms with Crippen molar-refractivity contribution in [2.24, 2.45) is 0 Å². The van der Waals surface area contributed by atoms with Crippen LogP contribution in [0.4, 0.5) is 8.78 Å². The molecule has 4 nitrogen and oxygen atoms in total. The number of amides is 1.